The summed E-state index contributed by atoms with van der Waals surface area (Å²) in [6.07, 6.45) is 0.662. The van der Waals surface area contributed by atoms with E-state index in [9.17, 15) is 5.11 Å². The molecule has 0 saturated carbocycles. The first-order valence-electron chi connectivity index (χ1n) is 4.57. The Hall–Kier alpha value is 0.270. The third-order valence-corrected chi connectivity index (χ3v) is 3.00. The van der Waals surface area contributed by atoms with E-state index in [1.54, 1.807) is 0 Å². The molecular weight excluding hydrogens is 172 g/mol. The van der Waals surface area contributed by atoms with Gasteiger partial charge in [-0.3, -0.25) is 0 Å². The van der Waals surface area contributed by atoms with Crippen LogP contribution in [0.1, 0.15) is 20.3 Å². The molecule has 72 valence electrons. The fraction of sp³-hybridized carbons (Fsp3) is 1.00. The normalized spacial score (nSPS) is 27.5. The maximum absolute atomic E-state index is 9.71. The van der Waals surface area contributed by atoms with Crippen molar-refractivity contribution < 1.29 is 9.84 Å². The smallest absolute Gasteiger partial charge is 0.0924 e. The van der Waals surface area contributed by atoms with Crippen LogP contribution in [0.4, 0.5) is 0 Å². The van der Waals surface area contributed by atoms with Crippen LogP contribution in [0.15, 0.2) is 0 Å². The molecule has 1 aliphatic rings. The zero-order chi connectivity index (χ0) is 8.97. The lowest BCUT2D eigenvalue weighted by atomic mass is 10.0. The van der Waals surface area contributed by atoms with Crippen molar-refractivity contribution in [3.8, 4) is 0 Å². The molecule has 1 N–H and O–H groups in total. The molecule has 1 rings (SSSR count). The van der Waals surface area contributed by atoms with Gasteiger partial charge in [-0.1, -0.05) is 13.8 Å². The molecular formula is C9H18O2S. The molecule has 0 bridgehead atoms. The molecule has 0 radical (unpaired) electrons. The highest BCUT2D eigenvalue weighted by atomic mass is 32.2. The van der Waals surface area contributed by atoms with Crippen molar-refractivity contribution in [2.45, 2.75) is 32.5 Å². The van der Waals surface area contributed by atoms with E-state index in [4.69, 9.17) is 4.74 Å². The second kappa shape index (κ2) is 5.10. The minimum absolute atomic E-state index is 0.0751. The van der Waals surface area contributed by atoms with Crippen LogP contribution in [-0.4, -0.2) is 35.4 Å². The minimum atomic E-state index is -0.266. The van der Waals surface area contributed by atoms with Crippen LogP contribution < -0.4 is 0 Å². The Labute approximate surface area is 78.7 Å². The fourth-order valence-corrected chi connectivity index (χ4v) is 2.29. The predicted molar refractivity (Wildman–Crippen MR) is 52.5 cm³/mol. The zero-order valence-corrected chi connectivity index (χ0v) is 8.64. The monoisotopic (exact) mass is 190 g/mol. The zero-order valence-electron chi connectivity index (χ0n) is 7.82. The summed E-state index contributed by atoms with van der Waals surface area (Å²) in [6, 6.07) is 0. The molecule has 1 aliphatic heterocycles. The molecule has 0 spiro atoms. The van der Waals surface area contributed by atoms with E-state index in [-0.39, 0.29) is 12.2 Å². The van der Waals surface area contributed by atoms with Crippen LogP contribution >= 0.6 is 11.8 Å². The first kappa shape index (κ1) is 10.4. The maximum Gasteiger partial charge on any atom is 0.0924 e. The van der Waals surface area contributed by atoms with Crippen LogP contribution in [0, 0.1) is 5.92 Å². The van der Waals surface area contributed by atoms with Crippen molar-refractivity contribution in [3.05, 3.63) is 0 Å². The molecule has 0 aromatic heterocycles. The van der Waals surface area contributed by atoms with Gasteiger partial charge in [0.1, 0.15) is 0 Å². The van der Waals surface area contributed by atoms with Crippen LogP contribution in [0.3, 0.4) is 0 Å². The summed E-state index contributed by atoms with van der Waals surface area (Å²) in [4.78, 5) is 0. The second-order valence-corrected chi connectivity index (χ2v) is 4.83. The predicted octanol–water partition coefficient (Wildman–Crippen LogP) is 1.53. The molecule has 1 heterocycles. The molecule has 0 aromatic rings. The second-order valence-electron chi connectivity index (χ2n) is 3.68. The number of ether oxygens (including phenoxy) is 1. The van der Waals surface area contributed by atoms with E-state index >= 15 is 0 Å². The van der Waals surface area contributed by atoms with E-state index in [0.717, 1.165) is 24.5 Å². The first-order chi connectivity index (χ1) is 5.70. The van der Waals surface area contributed by atoms with Gasteiger partial charge >= 0.3 is 0 Å². The first-order valence-corrected chi connectivity index (χ1v) is 5.73. The molecule has 2 unspecified atom stereocenters. The van der Waals surface area contributed by atoms with Gasteiger partial charge < -0.3 is 9.84 Å². The van der Waals surface area contributed by atoms with E-state index in [1.807, 2.05) is 11.8 Å². The summed E-state index contributed by atoms with van der Waals surface area (Å²) < 4.78 is 5.47. The highest BCUT2D eigenvalue weighted by Gasteiger charge is 2.23. The number of hydrogen-bond acceptors (Lipinski definition) is 3. The van der Waals surface area contributed by atoms with Gasteiger partial charge in [-0.15, -0.1) is 0 Å². The van der Waals surface area contributed by atoms with Crippen LogP contribution in [0.5, 0.6) is 0 Å². The van der Waals surface area contributed by atoms with Gasteiger partial charge in [0, 0.05) is 11.5 Å². The van der Waals surface area contributed by atoms with Gasteiger partial charge in [0.2, 0.25) is 0 Å². The Kier molecular flexibility index (Phi) is 4.40. The molecule has 3 heteroatoms. The topological polar surface area (TPSA) is 29.5 Å². The average Bonchev–Trinajstić information content (AvgIpc) is 2.05. The third-order valence-electron chi connectivity index (χ3n) is 1.98. The van der Waals surface area contributed by atoms with Crippen molar-refractivity contribution in [1.82, 2.24) is 0 Å². The van der Waals surface area contributed by atoms with Crippen molar-refractivity contribution in [3.63, 3.8) is 0 Å². The molecule has 0 aromatic carbocycles. The Balaban J connectivity index is 2.24. The molecule has 0 amide bonds. The van der Waals surface area contributed by atoms with Crippen LogP contribution in [-0.2, 0) is 4.74 Å². The van der Waals surface area contributed by atoms with Crippen molar-refractivity contribution >= 4 is 11.8 Å². The summed E-state index contributed by atoms with van der Waals surface area (Å²) in [6.45, 7) is 5.04. The lowest BCUT2D eigenvalue weighted by molar-refractivity contribution is -0.0294. The van der Waals surface area contributed by atoms with Gasteiger partial charge in [-0.05, 0) is 12.3 Å². The highest BCUT2D eigenvalue weighted by Crippen LogP contribution is 2.19. The summed E-state index contributed by atoms with van der Waals surface area (Å²) in [5.41, 5.74) is 0. The Morgan fingerprint density at radius 2 is 2.33 bits per heavy atom. The van der Waals surface area contributed by atoms with E-state index in [2.05, 4.69) is 13.8 Å². The quantitative estimate of drug-likeness (QED) is 0.732. The number of rotatable bonds is 3. The lowest BCUT2D eigenvalue weighted by Crippen LogP contribution is -2.35. The molecule has 2 atom stereocenters. The van der Waals surface area contributed by atoms with Crippen molar-refractivity contribution in [2.24, 2.45) is 5.92 Å². The third kappa shape index (κ3) is 3.33. The van der Waals surface area contributed by atoms with Crippen LogP contribution in [0.25, 0.3) is 0 Å². The molecule has 2 nitrogen and oxygen atoms in total. The Morgan fingerprint density at radius 1 is 1.58 bits per heavy atom. The maximum atomic E-state index is 9.71. The number of thioether (sulfide) groups is 1. The lowest BCUT2D eigenvalue weighted by Gasteiger charge is -2.27. The summed E-state index contributed by atoms with van der Waals surface area (Å²) in [7, 11) is 0. The van der Waals surface area contributed by atoms with Gasteiger partial charge in [0.25, 0.3) is 0 Å². The summed E-state index contributed by atoms with van der Waals surface area (Å²) >= 11 is 1.87. The average molecular weight is 190 g/mol. The van der Waals surface area contributed by atoms with Gasteiger partial charge in [-0.25, -0.2) is 0 Å². The Morgan fingerprint density at radius 3 is 2.83 bits per heavy atom. The fourth-order valence-electron chi connectivity index (χ4n) is 1.36. The molecule has 12 heavy (non-hydrogen) atoms. The van der Waals surface area contributed by atoms with E-state index < -0.39 is 0 Å². The van der Waals surface area contributed by atoms with E-state index in [1.165, 1.54) is 0 Å². The minimum Gasteiger partial charge on any atom is -0.390 e. The summed E-state index contributed by atoms with van der Waals surface area (Å²) in [5, 5.41) is 9.71. The summed E-state index contributed by atoms with van der Waals surface area (Å²) in [5.74, 6) is 2.58. The molecule has 0 aliphatic carbocycles. The number of hydrogen-bond donors (Lipinski definition) is 1. The van der Waals surface area contributed by atoms with Gasteiger partial charge in [0.05, 0.1) is 18.8 Å². The van der Waals surface area contributed by atoms with Gasteiger partial charge in [-0.2, -0.15) is 11.8 Å². The van der Waals surface area contributed by atoms with Crippen LogP contribution in [0.2, 0.25) is 0 Å². The van der Waals surface area contributed by atoms with E-state index in [0.29, 0.717) is 5.92 Å². The molecule has 1 fully saturated rings. The van der Waals surface area contributed by atoms with Gasteiger partial charge in [0.15, 0.2) is 0 Å². The molecule has 1 saturated heterocycles. The Bertz CT molecular complexity index is 122. The van der Waals surface area contributed by atoms with Crippen molar-refractivity contribution in [1.29, 1.82) is 0 Å². The SMILES string of the molecule is CC(C)CC(O)C1CSCCO1. The highest BCUT2D eigenvalue weighted by molar-refractivity contribution is 7.99. The number of aliphatic hydroxyl groups excluding tert-OH is 1. The number of aliphatic hydroxyl groups is 1. The largest absolute Gasteiger partial charge is 0.390 e. The van der Waals surface area contributed by atoms with Crippen molar-refractivity contribution in [2.75, 3.05) is 18.1 Å². The standard InChI is InChI=1S/C9H18O2S/c1-7(2)5-8(10)9-6-12-4-3-11-9/h7-10H,3-6H2,1-2H3.